The van der Waals surface area contributed by atoms with Gasteiger partial charge in [-0.1, -0.05) is 23.9 Å². The minimum absolute atomic E-state index is 0.243. The highest BCUT2D eigenvalue weighted by Crippen LogP contribution is 2.30. The highest BCUT2D eigenvalue weighted by atomic mass is 32.2. The molecular formula is C21H17FN4OS. The Balaban J connectivity index is 1.72. The monoisotopic (exact) mass is 392 g/mol. The summed E-state index contributed by atoms with van der Waals surface area (Å²) in [5.74, 6) is 1.83. The molecule has 2 aromatic heterocycles. The molecule has 0 fully saturated rings. The van der Waals surface area contributed by atoms with Gasteiger partial charge in [0.2, 0.25) is 0 Å². The second-order valence-corrected chi connectivity index (χ2v) is 6.94. The third-order valence-corrected chi connectivity index (χ3v) is 5.16. The van der Waals surface area contributed by atoms with Crippen molar-refractivity contribution in [3.63, 3.8) is 0 Å². The van der Waals surface area contributed by atoms with Crippen LogP contribution in [-0.4, -0.2) is 26.9 Å². The highest BCUT2D eigenvalue weighted by Gasteiger charge is 2.16. The fourth-order valence-electron chi connectivity index (χ4n) is 2.79. The van der Waals surface area contributed by atoms with Crippen LogP contribution >= 0.6 is 11.8 Å². The molecule has 2 aromatic carbocycles. The van der Waals surface area contributed by atoms with Crippen LogP contribution in [0.15, 0.2) is 78.2 Å². The third-order valence-electron chi connectivity index (χ3n) is 4.16. The zero-order valence-electron chi connectivity index (χ0n) is 15.1. The average Bonchev–Trinajstić information content (AvgIpc) is 3.17. The van der Waals surface area contributed by atoms with E-state index in [-0.39, 0.29) is 5.82 Å². The molecule has 0 saturated carbocycles. The number of benzene rings is 2. The number of hydrogen-bond acceptors (Lipinski definition) is 5. The van der Waals surface area contributed by atoms with Crippen molar-refractivity contribution < 1.29 is 9.13 Å². The van der Waals surface area contributed by atoms with Gasteiger partial charge in [-0.25, -0.2) is 4.39 Å². The van der Waals surface area contributed by atoms with E-state index in [9.17, 15) is 4.39 Å². The van der Waals surface area contributed by atoms with Crippen LogP contribution in [0.4, 0.5) is 4.39 Å². The molecule has 0 amide bonds. The standard InChI is InChI=1S/C21H17FN4OS/c1-27-19-7-5-18(6-8-19)26-20(16-9-11-23-12-10-16)24-25-21(26)28-14-15-3-2-4-17(22)13-15/h2-13H,14H2,1H3. The predicted octanol–water partition coefficient (Wildman–Crippen LogP) is 4.77. The van der Waals surface area contributed by atoms with E-state index in [1.54, 1.807) is 25.6 Å². The minimum atomic E-state index is -0.243. The van der Waals surface area contributed by atoms with Gasteiger partial charge in [-0.05, 0) is 54.1 Å². The molecule has 0 radical (unpaired) electrons. The first-order valence-electron chi connectivity index (χ1n) is 8.62. The Morgan fingerprint density at radius 1 is 1.00 bits per heavy atom. The van der Waals surface area contributed by atoms with Gasteiger partial charge in [-0.2, -0.15) is 0 Å². The summed E-state index contributed by atoms with van der Waals surface area (Å²) in [5, 5.41) is 9.50. The van der Waals surface area contributed by atoms with Gasteiger partial charge in [0.05, 0.1) is 7.11 Å². The van der Waals surface area contributed by atoms with Crippen molar-refractivity contribution in [1.29, 1.82) is 0 Å². The number of rotatable bonds is 6. The van der Waals surface area contributed by atoms with Gasteiger partial charge >= 0.3 is 0 Å². The molecule has 4 rings (SSSR count). The lowest BCUT2D eigenvalue weighted by molar-refractivity contribution is 0.414. The van der Waals surface area contributed by atoms with E-state index >= 15 is 0 Å². The molecule has 0 N–H and O–H groups in total. The largest absolute Gasteiger partial charge is 0.497 e. The van der Waals surface area contributed by atoms with E-state index in [2.05, 4.69) is 15.2 Å². The van der Waals surface area contributed by atoms with E-state index < -0.39 is 0 Å². The van der Waals surface area contributed by atoms with Gasteiger partial charge in [0.25, 0.3) is 0 Å². The SMILES string of the molecule is COc1ccc(-n2c(SCc3cccc(F)c3)nnc2-c2ccncc2)cc1. The van der Waals surface area contributed by atoms with Crippen LogP contribution < -0.4 is 4.74 Å². The number of aromatic nitrogens is 4. The van der Waals surface area contributed by atoms with Crippen molar-refractivity contribution in [3.05, 3.63) is 84.4 Å². The van der Waals surface area contributed by atoms with Gasteiger partial charge in [0.1, 0.15) is 11.6 Å². The molecule has 0 saturated heterocycles. The molecular weight excluding hydrogens is 375 g/mol. The lowest BCUT2D eigenvalue weighted by Crippen LogP contribution is -2.00. The lowest BCUT2D eigenvalue weighted by Gasteiger charge is -2.11. The van der Waals surface area contributed by atoms with Crippen LogP contribution in [0.5, 0.6) is 5.75 Å². The van der Waals surface area contributed by atoms with E-state index in [4.69, 9.17) is 4.74 Å². The zero-order valence-corrected chi connectivity index (χ0v) is 15.9. The van der Waals surface area contributed by atoms with E-state index in [0.717, 1.165) is 27.7 Å². The topological polar surface area (TPSA) is 52.8 Å². The molecule has 0 aliphatic rings. The summed E-state index contributed by atoms with van der Waals surface area (Å²) in [7, 11) is 1.64. The van der Waals surface area contributed by atoms with Gasteiger partial charge in [0.15, 0.2) is 11.0 Å². The third kappa shape index (κ3) is 3.89. The van der Waals surface area contributed by atoms with Crippen molar-refractivity contribution >= 4 is 11.8 Å². The van der Waals surface area contributed by atoms with Gasteiger partial charge in [0, 0.05) is 29.4 Å². The summed E-state index contributed by atoms with van der Waals surface area (Å²) in [4.78, 5) is 4.07. The molecule has 0 atom stereocenters. The van der Waals surface area contributed by atoms with Crippen LogP contribution in [0.25, 0.3) is 17.1 Å². The Kier molecular flexibility index (Phi) is 5.34. The van der Waals surface area contributed by atoms with Crippen LogP contribution in [0.3, 0.4) is 0 Å². The van der Waals surface area contributed by atoms with Crippen LogP contribution in [0.1, 0.15) is 5.56 Å². The Morgan fingerprint density at radius 3 is 2.50 bits per heavy atom. The number of methoxy groups -OCH3 is 1. The summed E-state index contributed by atoms with van der Waals surface area (Å²) in [6.45, 7) is 0. The Bertz CT molecular complexity index is 1070. The van der Waals surface area contributed by atoms with Crippen molar-refractivity contribution in [1.82, 2.24) is 19.7 Å². The highest BCUT2D eigenvalue weighted by molar-refractivity contribution is 7.98. The molecule has 2 heterocycles. The summed E-state index contributed by atoms with van der Waals surface area (Å²) in [6, 6.07) is 18.1. The molecule has 7 heteroatoms. The van der Waals surface area contributed by atoms with Gasteiger partial charge < -0.3 is 4.74 Å². The first-order chi connectivity index (χ1) is 13.7. The fraction of sp³-hybridized carbons (Fsp3) is 0.0952. The van der Waals surface area contributed by atoms with Crippen molar-refractivity contribution in [2.45, 2.75) is 10.9 Å². The van der Waals surface area contributed by atoms with Crippen molar-refractivity contribution in [2.24, 2.45) is 0 Å². The summed E-state index contributed by atoms with van der Waals surface area (Å²) >= 11 is 1.50. The van der Waals surface area contributed by atoms with Gasteiger partial charge in [-0.15, -0.1) is 10.2 Å². The second-order valence-electron chi connectivity index (χ2n) is 5.99. The van der Waals surface area contributed by atoms with Crippen LogP contribution in [0.2, 0.25) is 0 Å². The van der Waals surface area contributed by atoms with Crippen molar-refractivity contribution in [3.8, 4) is 22.8 Å². The molecule has 0 aliphatic heterocycles. The molecule has 4 aromatic rings. The molecule has 28 heavy (non-hydrogen) atoms. The Labute approximate surface area is 166 Å². The van der Waals surface area contributed by atoms with Gasteiger partial charge in [-0.3, -0.25) is 9.55 Å². The second kappa shape index (κ2) is 8.22. The Hall–Kier alpha value is -3.19. The smallest absolute Gasteiger partial charge is 0.196 e. The maximum Gasteiger partial charge on any atom is 0.196 e. The minimum Gasteiger partial charge on any atom is -0.497 e. The maximum atomic E-state index is 13.5. The number of ether oxygens (including phenoxy) is 1. The van der Waals surface area contributed by atoms with Crippen molar-refractivity contribution in [2.75, 3.05) is 7.11 Å². The summed E-state index contributed by atoms with van der Waals surface area (Å²) < 4.78 is 20.7. The zero-order chi connectivity index (χ0) is 19.3. The quantitative estimate of drug-likeness (QED) is 0.443. The van der Waals surface area contributed by atoms with E-state index in [0.29, 0.717) is 11.6 Å². The lowest BCUT2D eigenvalue weighted by atomic mass is 10.2. The first-order valence-corrected chi connectivity index (χ1v) is 9.60. The Morgan fingerprint density at radius 2 is 1.79 bits per heavy atom. The molecule has 0 spiro atoms. The maximum absolute atomic E-state index is 13.5. The predicted molar refractivity (Wildman–Crippen MR) is 107 cm³/mol. The molecule has 0 unspecified atom stereocenters. The molecule has 0 aliphatic carbocycles. The summed E-state index contributed by atoms with van der Waals surface area (Å²) in [5.41, 5.74) is 2.72. The average molecular weight is 392 g/mol. The fourth-order valence-corrected chi connectivity index (χ4v) is 3.68. The van der Waals surface area contributed by atoms with Crippen LogP contribution in [-0.2, 0) is 5.75 Å². The van der Waals surface area contributed by atoms with E-state index in [1.165, 1.54) is 23.9 Å². The van der Waals surface area contributed by atoms with E-state index in [1.807, 2.05) is 47.0 Å². The molecule has 5 nitrogen and oxygen atoms in total. The van der Waals surface area contributed by atoms with Crippen LogP contribution in [0, 0.1) is 5.82 Å². The molecule has 0 bridgehead atoms. The number of hydrogen-bond donors (Lipinski definition) is 0. The summed E-state index contributed by atoms with van der Waals surface area (Å²) in [6.07, 6.45) is 3.45. The number of thioether (sulfide) groups is 1. The number of pyridine rings is 1. The normalized spacial score (nSPS) is 10.8. The number of halogens is 1. The first kappa shape index (κ1) is 18.2. The molecule has 140 valence electrons. The number of nitrogens with zero attached hydrogens (tertiary/aromatic N) is 4.